The molecule has 0 bridgehead atoms. The second kappa shape index (κ2) is 3.64. The molecule has 0 aliphatic rings. The zero-order valence-corrected chi connectivity index (χ0v) is 8.12. The van der Waals surface area contributed by atoms with Gasteiger partial charge in [0.05, 0.1) is 0 Å². The maximum absolute atomic E-state index is 5.57. The fourth-order valence-electron chi connectivity index (χ4n) is 1.40. The smallest absolute Gasteiger partial charge is 0.137 e. The van der Waals surface area contributed by atoms with Crippen LogP contribution in [-0.4, -0.2) is 9.97 Å². The van der Waals surface area contributed by atoms with Gasteiger partial charge in [-0.1, -0.05) is 18.2 Å². The molecule has 1 aromatic carbocycles. The van der Waals surface area contributed by atoms with Crippen LogP contribution in [0.15, 0.2) is 30.5 Å². The minimum absolute atomic E-state index is 0.563. The average Bonchev–Trinajstić information content (AvgIpc) is 2.65. The zero-order valence-electron chi connectivity index (χ0n) is 8.12. The van der Waals surface area contributed by atoms with E-state index >= 15 is 0 Å². The maximum atomic E-state index is 5.57. The average molecular weight is 187 g/mol. The molecule has 2 aromatic rings. The lowest BCUT2D eigenvalue weighted by molar-refractivity contribution is 1.07. The standard InChI is InChI=1S/C11H13N3/c1-8-7-13-11(14-8)10-4-2-3-9(5-10)6-12/h2-5,7H,6,12H2,1H3,(H,13,14). The van der Waals surface area contributed by atoms with E-state index in [1.165, 1.54) is 0 Å². The molecule has 14 heavy (non-hydrogen) atoms. The third-order valence-corrected chi connectivity index (χ3v) is 2.14. The third-order valence-electron chi connectivity index (χ3n) is 2.14. The quantitative estimate of drug-likeness (QED) is 0.753. The predicted octanol–water partition coefficient (Wildman–Crippen LogP) is 1.84. The number of imidazole rings is 1. The predicted molar refractivity (Wildman–Crippen MR) is 56.7 cm³/mol. The van der Waals surface area contributed by atoms with Gasteiger partial charge < -0.3 is 10.7 Å². The van der Waals surface area contributed by atoms with Crippen LogP contribution in [0.3, 0.4) is 0 Å². The Balaban J connectivity index is 2.41. The molecule has 3 nitrogen and oxygen atoms in total. The molecule has 0 unspecified atom stereocenters. The number of hydrogen-bond acceptors (Lipinski definition) is 2. The molecule has 2 rings (SSSR count). The SMILES string of the molecule is Cc1cnc(-c2cccc(CN)c2)[nH]1. The van der Waals surface area contributed by atoms with Crippen LogP contribution in [0.4, 0.5) is 0 Å². The number of rotatable bonds is 2. The van der Waals surface area contributed by atoms with Crippen molar-refractivity contribution in [1.82, 2.24) is 9.97 Å². The fraction of sp³-hybridized carbons (Fsp3) is 0.182. The number of nitrogens with zero attached hydrogens (tertiary/aromatic N) is 1. The molecule has 0 amide bonds. The van der Waals surface area contributed by atoms with Crippen LogP contribution in [0, 0.1) is 6.92 Å². The summed E-state index contributed by atoms with van der Waals surface area (Å²) in [5.74, 6) is 0.901. The molecular weight excluding hydrogens is 174 g/mol. The summed E-state index contributed by atoms with van der Waals surface area (Å²) in [6, 6.07) is 8.09. The Hall–Kier alpha value is -1.61. The molecule has 0 radical (unpaired) electrons. The summed E-state index contributed by atoms with van der Waals surface area (Å²) in [5, 5.41) is 0. The van der Waals surface area contributed by atoms with Gasteiger partial charge in [0.2, 0.25) is 0 Å². The van der Waals surface area contributed by atoms with Gasteiger partial charge in [-0.05, 0) is 18.6 Å². The van der Waals surface area contributed by atoms with E-state index in [0.717, 1.165) is 22.6 Å². The molecule has 3 N–H and O–H groups in total. The first kappa shape index (κ1) is 8.97. The molecule has 0 fully saturated rings. The van der Waals surface area contributed by atoms with E-state index in [2.05, 4.69) is 16.0 Å². The van der Waals surface area contributed by atoms with Gasteiger partial charge in [0, 0.05) is 24.0 Å². The summed E-state index contributed by atoms with van der Waals surface area (Å²) < 4.78 is 0. The van der Waals surface area contributed by atoms with Crippen molar-refractivity contribution < 1.29 is 0 Å². The highest BCUT2D eigenvalue weighted by atomic mass is 14.9. The molecule has 0 aliphatic carbocycles. The Labute approximate surface area is 83.0 Å². The van der Waals surface area contributed by atoms with Crippen molar-refractivity contribution in [3.05, 3.63) is 41.7 Å². The molecule has 0 saturated carbocycles. The molecule has 0 spiro atoms. The number of H-pyrrole nitrogens is 1. The van der Waals surface area contributed by atoms with Crippen LogP contribution in [0.2, 0.25) is 0 Å². The van der Waals surface area contributed by atoms with Crippen molar-refractivity contribution >= 4 is 0 Å². The van der Waals surface area contributed by atoms with E-state index in [1.807, 2.05) is 31.3 Å². The number of aryl methyl sites for hydroxylation is 1. The number of nitrogens with one attached hydrogen (secondary N) is 1. The summed E-state index contributed by atoms with van der Waals surface area (Å²) in [6.45, 7) is 2.55. The van der Waals surface area contributed by atoms with Gasteiger partial charge in [-0.3, -0.25) is 0 Å². The van der Waals surface area contributed by atoms with Crippen LogP contribution in [-0.2, 0) is 6.54 Å². The van der Waals surface area contributed by atoms with Crippen LogP contribution < -0.4 is 5.73 Å². The Morgan fingerprint density at radius 2 is 2.29 bits per heavy atom. The van der Waals surface area contributed by atoms with Crippen molar-refractivity contribution in [3.63, 3.8) is 0 Å². The number of nitrogens with two attached hydrogens (primary N) is 1. The molecule has 72 valence electrons. The van der Waals surface area contributed by atoms with Crippen molar-refractivity contribution in [1.29, 1.82) is 0 Å². The Morgan fingerprint density at radius 3 is 2.93 bits per heavy atom. The molecule has 0 saturated heterocycles. The lowest BCUT2D eigenvalue weighted by atomic mass is 10.1. The summed E-state index contributed by atoms with van der Waals surface area (Å²) in [4.78, 5) is 7.46. The molecular formula is C11H13N3. The van der Waals surface area contributed by atoms with E-state index in [4.69, 9.17) is 5.73 Å². The van der Waals surface area contributed by atoms with Crippen molar-refractivity contribution in [2.75, 3.05) is 0 Å². The summed E-state index contributed by atoms with van der Waals surface area (Å²) >= 11 is 0. The molecule has 1 heterocycles. The number of benzene rings is 1. The lowest BCUT2D eigenvalue weighted by Gasteiger charge is -1.99. The highest BCUT2D eigenvalue weighted by molar-refractivity contribution is 5.56. The van der Waals surface area contributed by atoms with Gasteiger partial charge in [-0.2, -0.15) is 0 Å². The summed E-state index contributed by atoms with van der Waals surface area (Å²) in [7, 11) is 0. The molecule has 3 heteroatoms. The second-order valence-corrected chi connectivity index (χ2v) is 3.32. The van der Waals surface area contributed by atoms with Crippen LogP contribution >= 0.6 is 0 Å². The Bertz CT molecular complexity index is 432. The minimum atomic E-state index is 0.563. The van der Waals surface area contributed by atoms with Crippen molar-refractivity contribution in [2.24, 2.45) is 5.73 Å². The topological polar surface area (TPSA) is 54.7 Å². The van der Waals surface area contributed by atoms with Crippen LogP contribution in [0.25, 0.3) is 11.4 Å². The molecule has 0 atom stereocenters. The van der Waals surface area contributed by atoms with Gasteiger partial charge in [0.25, 0.3) is 0 Å². The number of hydrogen-bond donors (Lipinski definition) is 2. The Morgan fingerprint density at radius 1 is 1.43 bits per heavy atom. The van der Waals surface area contributed by atoms with Crippen LogP contribution in [0.5, 0.6) is 0 Å². The van der Waals surface area contributed by atoms with Gasteiger partial charge >= 0.3 is 0 Å². The minimum Gasteiger partial charge on any atom is -0.342 e. The van der Waals surface area contributed by atoms with Crippen molar-refractivity contribution in [3.8, 4) is 11.4 Å². The summed E-state index contributed by atoms with van der Waals surface area (Å²) in [5.41, 5.74) is 8.85. The van der Waals surface area contributed by atoms with E-state index in [0.29, 0.717) is 6.54 Å². The monoisotopic (exact) mass is 187 g/mol. The Kier molecular flexibility index (Phi) is 2.33. The molecule has 1 aromatic heterocycles. The first-order chi connectivity index (χ1) is 6.79. The van der Waals surface area contributed by atoms with Crippen LogP contribution in [0.1, 0.15) is 11.3 Å². The van der Waals surface area contributed by atoms with E-state index in [9.17, 15) is 0 Å². The highest BCUT2D eigenvalue weighted by Gasteiger charge is 2.01. The van der Waals surface area contributed by atoms with Gasteiger partial charge in [0.1, 0.15) is 5.82 Å². The third kappa shape index (κ3) is 1.67. The van der Waals surface area contributed by atoms with E-state index in [-0.39, 0.29) is 0 Å². The maximum Gasteiger partial charge on any atom is 0.137 e. The first-order valence-corrected chi connectivity index (χ1v) is 4.60. The lowest BCUT2D eigenvalue weighted by Crippen LogP contribution is -1.96. The first-order valence-electron chi connectivity index (χ1n) is 4.60. The van der Waals surface area contributed by atoms with Gasteiger partial charge in [-0.15, -0.1) is 0 Å². The highest BCUT2D eigenvalue weighted by Crippen LogP contribution is 2.16. The normalized spacial score (nSPS) is 10.4. The largest absolute Gasteiger partial charge is 0.342 e. The van der Waals surface area contributed by atoms with E-state index in [1.54, 1.807) is 0 Å². The second-order valence-electron chi connectivity index (χ2n) is 3.32. The van der Waals surface area contributed by atoms with Crippen molar-refractivity contribution in [2.45, 2.75) is 13.5 Å². The van der Waals surface area contributed by atoms with E-state index < -0.39 is 0 Å². The summed E-state index contributed by atoms with van der Waals surface area (Å²) in [6.07, 6.45) is 1.82. The van der Waals surface area contributed by atoms with Gasteiger partial charge in [0.15, 0.2) is 0 Å². The number of aromatic amines is 1. The zero-order chi connectivity index (χ0) is 9.97. The molecule has 0 aliphatic heterocycles. The fourth-order valence-corrected chi connectivity index (χ4v) is 1.40. The number of aromatic nitrogens is 2. The van der Waals surface area contributed by atoms with Gasteiger partial charge in [-0.25, -0.2) is 4.98 Å².